The lowest BCUT2D eigenvalue weighted by atomic mass is 9.91. The highest BCUT2D eigenvalue weighted by atomic mass is 32.1. The molecule has 2 amide bonds. The molecule has 1 aliphatic rings. The van der Waals surface area contributed by atoms with E-state index in [0.29, 0.717) is 6.54 Å². The molecule has 0 saturated carbocycles. The van der Waals surface area contributed by atoms with Crippen LogP contribution in [0.15, 0.2) is 30.3 Å². The van der Waals surface area contributed by atoms with E-state index in [0.717, 1.165) is 17.7 Å². The molecule has 132 valence electrons. The standard InChI is InChI=1S/C20H24N2O2S/c1-4-22(12-18(23)21-13(2)3)20(24)17-11-15-10-9-14-7-5-6-8-16(14)19(15)25-17/h5-8,11,13H,4,9-10,12H2,1-3H3,(H,21,23). The van der Waals surface area contributed by atoms with E-state index in [1.54, 1.807) is 16.2 Å². The number of thiophene rings is 1. The maximum Gasteiger partial charge on any atom is 0.264 e. The lowest BCUT2D eigenvalue weighted by molar-refractivity contribution is -0.122. The van der Waals surface area contributed by atoms with Crippen LogP contribution in [-0.2, 0) is 17.6 Å². The van der Waals surface area contributed by atoms with Gasteiger partial charge in [-0.1, -0.05) is 24.3 Å². The number of nitrogens with zero attached hydrogens (tertiary/aromatic N) is 1. The highest BCUT2D eigenvalue weighted by molar-refractivity contribution is 7.17. The van der Waals surface area contributed by atoms with E-state index in [4.69, 9.17) is 0 Å². The Hall–Kier alpha value is -2.14. The van der Waals surface area contributed by atoms with Gasteiger partial charge in [-0.2, -0.15) is 0 Å². The summed E-state index contributed by atoms with van der Waals surface area (Å²) in [5.74, 6) is -0.171. The molecule has 1 aliphatic carbocycles. The summed E-state index contributed by atoms with van der Waals surface area (Å²) in [6.07, 6.45) is 1.98. The maximum atomic E-state index is 12.9. The van der Waals surface area contributed by atoms with Gasteiger partial charge in [0.15, 0.2) is 0 Å². The second-order valence-electron chi connectivity index (χ2n) is 6.66. The smallest absolute Gasteiger partial charge is 0.264 e. The van der Waals surface area contributed by atoms with E-state index in [9.17, 15) is 9.59 Å². The molecule has 0 saturated heterocycles. The summed E-state index contributed by atoms with van der Waals surface area (Å²) < 4.78 is 0. The molecule has 0 atom stereocenters. The van der Waals surface area contributed by atoms with Gasteiger partial charge in [-0.25, -0.2) is 0 Å². The number of hydrogen-bond donors (Lipinski definition) is 1. The van der Waals surface area contributed by atoms with Crippen molar-refractivity contribution in [3.8, 4) is 10.4 Å². The molecular formula is C20H24N2O2S. The Morgan fingerprint density at radius 1 is 1.20 bits per heavy atom. The average molecular weight is 356 g/mol. The second kappa shape index (κ2) is 7.40. The minimum absolute atomic E-state index is 0.0571. The first-order chi connectivity index (χ1) is 12.0. The molecule has 0 bridgehead atoms. The van der Waals surface area contributed by atoms with E-state index in [-0.39, 0.29) is 24.4 Å². The first-order valence-electron chi connectivity index (χ1n) is 8.79. The van der Waals surface area contributed by atoms with Gasteiger partial charge >= 0.3 is 0 Å². The first-order valence-corrected chi connectivity index (χ1v) is 9.60. The zero-order chi connectivity index (χ0) is 18.0. The monoisotopic (exact) mass is 356 g/mol. The zero-order valence-electron chi connectivity index (χ0n) is 15.0. The molecule has 25 heavy (non-hydrogen) atoms. The molecule has 0 radical (unpaired) electrons. The van der Waals surface area contributed by atoms with Gasteiger partial charge in [0, 0.05) is 17.5 Å². The Balaban J connectivity index is 1.82. The predicted molar refractivity (Wildman–Crippen MR) is 102 cm³/mol. The van der Waals surface area contributed by atoms with Gasteiger partial charge in [-0.05, 0) is 56.4 Å². The van der Waals surface area contributed by atoms with Crippen molar-refractivity contribution in [2.75, 3.05) is 13.1 Å². The van der Waals surface area contributed by atoms with Crippen LogP contribution in [0.5, 0.6) is 0 Å². The van der Waals surface area contributed by atoms with E-state index in [2.05, 4.69) is 23.5 Å². The summed E-state index contributed by atoms with van der Waals surface area (Å²) in [5, 5.41) is 2.85. The minimum Gasteiger partial charge on any atom is -0.352 e. The summed E-state index contributed by atoms with van der Waals surface area (Å²) in [6, 6.07) is 10.5. The molecule has 5 heteroatoms. The molecule has 1 aromatic carbocycles. The highest BCUT2D eigenvalue weighted by Crippen LogP contribution is 2.39. The molecule has 1 heterocycles. The Kier molecular flexibility index (Phi) is 5.23. The molecule has 2 aromatic rings. The summed E-state index contributed by atoms with van der Waals surface area (Å²) in [4.78, 5) is 28.4. The zero-order valence-corrected chi connectivity index (χ0v) is 15.8. The molecule has 0 unspecified atom stereocenters. The molecule has 3 rings (SSSR count). The van der Waals surface area contributed by atoms with Gasteiger partial charge in [-0.3, -0.25) is 9.59 Å². The van der Waals surface area contributed by atoms with E-state index in [1.165, 1.54) is 21.6 Å². The molecule has 0 aliphatic heterocycles. The van der Waals surface area contributed by atoms with Gasteiger partial charge in [0.1, 0.15) is 0 Å². The third-order valence-corrected chi connectivity index (χ3v) is 5.60. The molecule has 4 nitrogen and oxygen atoms in total. The summed E-state index contributed by atoms with van der Waals surface area (Å²) in [5.41, 5.74) is 3.84. The molecular weight excluding hydrogens is 332 g/mol. The highest BCUT2D eigenvalue weighted by Gasteiger charge is 2.24. The number of rotatable bonds is 5. The van der Waals surface area contributed by atoms with Gasteiger partial charge in [-0.15, -0.1) is 11.3 Å². The molecule has 0 spiro atoms. The van der Waals surface area contributed by atoms with Crippen molar-refractivity contribution < 1.29 is 9.59 Å². The van der Waals surface area contributed by atoms with Crippen molar-refractivity contribution in [3.63, 3.8) is 0 Å². The average Bonchev–Trinajstić information content (AvgIpc) is 3.03. The maximum absolute atomic E-state index is 12.9. The number of hydrogen-bond acceptors (Lipinski definition) is 3. The Morgan fingerprint density at radius 2 is 1.92 bits per heavy atom. The van der Waals surface area contributed by atoms with Crippen molar-refractivity contribution in [1.82, 2.24) is 10.2 Å². The lowest BCUT2D eigenvalue weighted by Gasteiger charge is -2.20. The van der Waals surface area contributed by atoms with E-state index < -0.39 is 0 Å². The SMILES string of the molecule is CCN(CC(=O)NC(C)C)C(=O)c1cc2c(s1)-c1ccccc1CC2. The van der Waals surface area contributed by atoms with Gasteiger partial charge in [0.25, 0.3) is 5.91 Å². The number of amides is 2. The Labute approximate surface area is 152 Å². The fourth-order valence-electron chi connectivity index (χ4n) is 3.20. The van der Waals surface area contributed by atoms with Crippen molar-refractivity contribution >= 4 is 23.2 Å². The topological polar surface area (TPSA) is 49.4 Å². The van der Waals surface area contributed by atoms with Crippen LogP contribution in [0.3, 0.4) is 0 Å². The van der Waals surface area contributed by atoms with Crippen LogP contribution in [0, 0.1) is 0 Å². The number of carbonyl (C=O) groups excluding carboxylic acids is 2. The van der Waals surface area contributed by atoms with Gasteiger partial charge in [0.05, 0.1) is 11.4 Å². The fraction of sp³-hybridized carbons (Fsp3) is 0.400. The number of benzene rings is 1. The van der Waals surface area contributed by atoms with Crippen LogP contribution >= 0.6 is 11.3 Å². The number of nitrogens with one attached hydrogen (secondary N) is 1. The largest absolute Gasteiger partial charge is 0.352 e. The fourth-order valence-corrected chi connectivity index (χ4v) is 4.44. The first kappa shape index (κ1) is 17.7. The van der Waals surface area contributed by atoms with Crippen molar-refractivity contribution in [2.24, 2.45) is 0 Å². The van der Waals surface area contributed by atoms with Crippen LogP contribution in [-0.4, -0.2) is 35.8 Å². The Morgan fingerprint density at radius 3 is 2.64 bits per heavy atom. The third-order valence-electron chi connectivity index (χ3n) is 4.40. The summed E-state index contributed by atoms with van der Waals surface area (Å²) >= 11 is 1.55. The second-order valence-corrected chi connectivity index (χ2v) is 7.72. The number of aryl methyl sites for hydroxylation is 2. The lowest BCUT2D eigenvalue weighted by Crippen LogP contribution is -2.42. The predicted octanol–water partition coefficient (Wildman–Crippen LogP) is 3.50. The molecule has 1 aromatic heterocycles. The quantitative estimate of drug-likeness (QED) is 0.891. The van der Waals surface area contributed by atoms with Crippen LogP contribution in [0.4, 0.5) is 0 Å². The number of carbonyl (C=O) groups is 2. The van der Waals surface area contributed by atoms with Crippen molar-refractivity contribution in [2.45, 2.75) is 39.7 Å². The normalized spacial score (nSPS) is 12.5. The minimum atomic E-state index is -0.114. The Bertz CT molecular complexity index is 795. The van der Waals surface area contributed by atoms with Crippen LogP contribution < -0.4 is 5.32 Å². The number of likely N-dealkylation sites (N-methyl/N-ethyl adjacent to an activating group) is 1. The summed E-state index contributed by atoms with van der Waals surface area (Å²) in [7, 11) is 0. The number of fused-ring (bicyclic) bond motifs is 3. The van der Waals surface area contributed by atoms with E-state index in [1.807, 2.05) is 32.9 Å². The molecule has 1 N–H and O–H groups in total. The van der Waals surface area contributed by atoms with E-state index >= 15 is 0 Å². The van der Waals surface area contributed by atoms with Crippen LogP contribution in [0.25, 0.3) is 10.4 Å². The van der Waals surface area contributed by atoms with Gasteiger partial charge in [0.2, 0.25) is 5.91 Å². The van der Waals surface area contributed by atoms with Gasteiger partial charge < -0.3 is 10.2 Å². The van der Waals surface area contributed by atoms with Crippen LogP contribution in [0.2, 0.25) is 0 Å². The summed E-state index contributed by atoms with van der Waals surface area (Å²) in [6.45, 7) is 6.36. The van der Waals surface area contributed by atoms with Crippen molar-refractivity contribution in [3.05, 3.63) is 46.3 Å². The van der Waals surface area contributed by atoms with Crippen molar-refractivity contribution in [1.29, 1.82) is 0 Å². The van der Waals surface area contributed by atoms with Crippen LogP contribution in [0.1, 0.15) is 41.6 Å². The molecule has 0 fully saturated rings. The third kappa shape index (κ3) is 3.76.